The molecular formula is C15H19N3O2. The van der Waals surface area contributed by atoms with Crippen molar-refractivity contribution in [3.63, 3.8) is 0 Å². The first kappa shape index (κ1) is 14.0. The second-order valence-electron chi connectivity index (χ2n) is 4.60. The van der Waals surface area contributed by atoms with E-state index in [1.165, 1.54) is 0 Å². The number of nitrogens with one attached hydrogen (secondary N) is 1. The maximum atomic E-state index is 5.81. The molecule has 0 amide bonds. The van der Waals surface area contributed by atoms with Gasteiger partial charge in [0, 0.05) is 5.69 Å². The summed E-state index contributed by atoms with van der Waals surface area (Å²) >= 11 is 0. The Hall–Kier alpha value is -2.43. The van der Waals surface area contributed by atoms with Gasteiger partial charge >= 0.3 is 0 Å². The van der Waals surface area contributed by atoms with Crippen LogP contribution >= 0.6 is 0 Å². The number of anilines is 1. The van der Waals surface area contributed by atoms with Crippen LogP contribution in [0.25, 0.3) is 0 Å². The van der Waals surface area contributed by atoms with Crippen LogP contribution in [-0.4, -0.2) is 12.1 Å². The summed E-state index contributed by atoms with van der Waals surface area (Å²) in [6, 6.07) is 11.3. The van der Waals surface area contributed by atoms with Crippen LogP contribution in [0.15, 0.2) is 52.1 Å². The number of guanidine groups is 1. The van der Waals surface area contributed by atoms with Gasteiger partial charge in [0.1, 0.15) is 18.1 Å². The highest BCUT2D eigenvalue weighted by Crippen LogP contribution is 2.16. The molecule has 5 nitrogen and oxygen atoms in total. The maximum absolute atomic E-state index is 5.81. The Kier molecular flexibility index (Phi) is 4.65. The number of hydrogen-bond donors (Lipinski definition) is 2. The lowest BCUT2D eigenvalue weighted by Gasteiger charge is -2.10. The first-order valence-electron chi connectivity index (χ1n) is 6.49. The molecular weight excluding hydrogens is 254 g/mol. The fraction of sp³-hybridized carbons (Fsp3) is 0.267. The molecule has 1 aromatic heterocycles. The average molecular weight is 273 g/mol. The van der Waals surface area contributed by atoms with Gasteiger partial charge in [-0.3, -0.25) is 0 Å². The number of nitrogens with zero attached hydrogens (tertiary/aromatic N) is 1. The third kappa shape index (κ3) is 4.35. The standard InChI is InChI=1S/C15H19N3O2/c1-11(2)20-13-7-5-12(6-8-13)18-15(16)17-10-14-4-3-9-19-14/h3-9,11H,10H2,1-2H3,(H3,16,17,18). The van der Waals surface area contributed by atoms with Gasteiger partial charge in [0.05, 0.1) is 12.4 Å². The molecule has 0 saturated carbocycles. The molecule has 0 aliphatic rings. The molecule has 0 atom stereocenters. The van der Waals surface area contributed by atoms with Crippen molar-refractivity contribution in [2.24, 2.45) is 10.7 Å². The molecule has 0 radical (unpaired) electrons. The van der Waals surface area contributed by atoms with Crippen LogP contribution in [0, 0.1) is 0 Å². The minimum Gasteiger partial charge on any atom is -0.491 e. The van der Waals surface area contributed by atoms with Crippen molar-refractivity contribution in [2.75, 3.05) is 5.32 Å². The van der Waals surface area contributed by atoms with Gasteiger partial charge in [-0.1, -0.05) is 0 Å². The van der Waals surface area contributed by atoms with E-state index in [0.29, 0.717) is 12.5 Å². The Morgan fingerprint density at radius 1 is 1.30 bits per heavy atom. The summed E-state index contributed by atoms with van der Waals surface area (Å²) in [6.07, 6.45) is 1.77. The van der Waals surface area contributed by atoms with E-state index in [2.05, 4.69) is 10.3 Å². The SMILES string of the molecule is CC(C)Oc1ccc(NC(N)=NCc2ccco2)cc1. The number of nitrogens with two attached hydrogens (primary N) is 1. The normalized spacial score (nSPS) is 11.7. The van der Waals surface area contributed by atoms with Crippen molar-refractivity contribution in [1.82, 2.24) is 0 Å². The van der Waals surface area contributed by atoms with Crippen LogP contribution in [0.1, 0.15) is 19.6 Å². The number of rotatable bonds is 5. The molecule has 2 aromatic rings. The molecule has 106 valence electrons. The van der Waals surface area contributed by atoms with Crippen LogP contribution in [0.4, 0.5) is 5.69 Å². The summed E-state index contributed by atoms with van der Waals surface area (Å²) < 4.78 is 10.7. The smallest absolute Gasteiger partial charge is 0.193 e. The molecule has 1 aromatic carbocycles. The number of aliphatic imine (C=N–C) groups is 1. The van der Waals surface area contributed by atoms with Gasteiger partial charge < -0.3 is 20.2 Å². The lowest BCUT2D eigenvalue weighted by molar-refractivity contribution is 0.242. The summed E-state index contributed by atoms with van der Waals surface area (Å²) in [5.41, 5.74) is 6.67. The van der Waals surface area contributed by atoms with E-state index in [-0.39, 0.29) is 6.10 Å². The number of furan rings is 1. The van der Waals surface area contributed by atoms with Crippen LogP contribution in [-0.2, 0) is 6.54 Å². The lowest BCUT2D eigenvalue weighted by Crippen LogP contribution is -2.22. The summed E-state index contributed by atoms with van der Waals surface area (Å²) in [5.74, 6) is 1.95. The largest absolute Gasteiger partial charge is 0.491 e. The molecule has 0 aliphatic heterocycles. The minimum absolute atomic E-state index is 0.161. The second kappa shape index (κ2) is 6.65. The van der Waals surface area contributed by atoms with Crippen LogP contribution in [0.3, 0.4) is 0 Å². The van der Waals surface area contributed by atoms with Crippen molar-refractivity contribution in [1.29, 1.82) is 0 Å². The third-order valence-electron chi connectivity index (χ3n) is 2.48. The monoisotopic (exact) mass is 273 g/mol. The van der Waals surface area contributed by atoms with Crippen molar-refractivity contribution in [3.8, 4) is 5.75 Å². The number of benzene rings is 1. The molecule has 0 fully saturated rings. The van der Waals surface area contributed by atoms with Crippen LogP contribution in [0.5, 0.6) is 5.75 Å². The summed E-state index contributed by atoms with van der Waals surface area (Å²) in [4.78, 5) is 4.19. The maximum Gasteiger partial charge on any atom is 0.193 e. The van der Waals surface area contributed by atoms with E-state index in [1.54, 1.807) is 6.26 Å². The molecule has 0 aliphatic carbocycles. The van der Waals surface area contributed by atoms with E-state index in [4.69, 9.17) is 14.9 Å². The van der Waals surface area contributed by atoms with Gasteiger partial charge in [0.25, 0.3) is 0 Å². The van der Waals surface area contributed by atoms with Crippen molar-refractivity contribution in [3.05, 3.63) is 48.4 Å². The first-order chi connectivity index (χ1) is 9.63. The molecule has 5 heteroatoms. The minimum atomic E-state index is 0.161. The van der Waals surface area contributed by atoms with E-state index < -0.39 is 0 Å². The average Bonchev–Trinajstić information content (AvgIpc) is 2.91. The molecule has 0 spiro atoms. The van der Waals surface area contributed by atoms with E-state index in [9.17, 15) is 0 Å². The highest BCUT2D eigenvalue weighted by Gasteiger charge is 2.00. The zero-order chi connectivity index (χ0) is 14.4. The quantitative estimate of drug-likeness (QED) is 0.649. The Morgan fingerprint density at radius 2 is 2.05 bits per heavy atom. The van der Waals surface area contributed by atoms with Gasteiger partial charge in [0.15, 0.2) is 5.96 Å². The molecule has 0 unspecified atom stereocenters. The van der Waals surface area contributed by atoms with E-state index >= 15 is 0 Å². The van der Waals surface area contributed by atoms with E-state index in [0.717, 1.165) is 17.2 Å². The zero-order valence-corrected chi connectivity index (χ0v) is 11.7. The summed E-state index contributed by atoms with van der Waals surface area (Å²) in [6.45, 7) is 4.40. The lowest BCUT2D eigenvalue weighted by atomic mass is 10.3. The fourth-order valence-electron chi connectivity index (χ4n) is 1.64. The Morgan fingerprint density at radius 3 is 2.65 bits per heavy atom. The summed E-state index contributed by atoms with van der Waals surface area (Å²) in [5, 5.41) is 3.02. The van der Waals surface area contributed by atoms with Crippen LogP contribution in [0.2, 0.25) is 0 Å². The van der Waals surface area contributed by atoms with Crippen LogP contribution < -0.4 is 15.8 Å². The molecule has 0 saturated heterocycles. The van der Waals surface area contributed by atoms with E-state index in [1.807, 2.05) is 50.2 Å². The number of ether oxygens (including phenoxy) is 1. The zero-order valence-electron chi connectivity index (χ0n) is 11.7. The Labute approximate surface area is 118 Å². The molecule has 1 heterocycles. The summed E-state index contributed by atoms with van der Waals surface area (Å²) in [7, 11) is 0. The molecule has 0 bridgehead atoms. The van der Waals surface area contributed by atoms with Gasteiger partial charge in [-0.15, -0.1) is 0 Å². The van der Waals surface area contributed by atoms with Gasteiger partial charge in [-0.05, 0) is 50.2 Å². The van der Waals surface area contributed by atoms with Crippen molar-refractivity contribution in [2.45, 2.75) is 26.5 Å². The topological polar surface area (TPSA) is 72.8 Å². The first-order valence-corrected chi connectivity index (χ1v) is 6.49. The Balaban J connectivity index is 1.90. The van der Waals surface area contributed by atoms with Crippen molar-refractivity contribution < 1.29 is 9.15 Å². The fourth-order valence-corrected chi connectivity index (χ4v) is 1.64. The predicted octanol–water partition coefficient (Wildman–Crippen LogP) is 2.99. The molecule has 20 heavy (non-hydrogen) atoms. The number of hydrogen-bond acceptors (Lipinski definition) is 3. The van der Waals surface area contributed by atoms with Gasteiger partial charge in [-0.2, -0.15) is 0 Å². The third-order valence-corrected chi connectivity index (χ3v) is 2.48. The van der Waals surface area contributed by atoms with Gasteiger partial charge in [0.2, 0.25) is 0 Å². The molecule has 2 rings (SSSR count). The van der Waals surface area contributed by atoms with Crippen molar-refractivity contribution >= 4 is 11.6 Å². The van der Waals surface area contributed by atoms with Gasteiger partial charge in [-0.25, -0.2) is 4.99 Å². The highest BCUT2D eigenvalue weighted by atomic mass is 16.5. The Bertz CT molecular complexity index is 545. The molecule has 3 N–H and O–H groups in total. The highest BCUT2D eigenvalue weighted by molar-refractivity contribution is 5.92. The predicted molar refractivity (Wildman–Crippen MR) is 79.9 cm³/mol. The second-order valence-corrected chi connectivity index (χ2v) is 4.60.